The molecule has 0 aromatic heterocycles. The van der Waals surface area contributed by atoms with Crippen molar-refractivity contribution in [2.24, 2.45) is 5.10 Å². The molecule has 2 unspecified atom stereocenters. The normalized spacial score (nSPS) is 24.1. The first-order valence-electron chi connectivity index (χ1n) is 11.9. The maximum absolute atomic E-state index is 12.8. The van der Waals surface area contributed by atoms with Crippen LogP contribution in [-0.4, -0.2) is 21.8 Å². The van der Waals surface area contributed by atoms with Crippen molar-refractivity contribution in [3.63, 3.8) is 0 Å². The highest BCUT2D eigenvalue weighted by Crippen LogP contribution is 2.52. The molecule has 1 fully saturated rings. The Labute approximate surface area is 209 Å². The molecule has 3 aromatic rings. The van der Waals surface area contributed by atoms with Gasteiger partial charge in [0.2, 0.25) is 0 Å². The molecule has 5 nitrogen and oxygen atoms in total. The minimum absolute atomic E-state index is 0.0409. The van der Waals surface area contributed by atoms with Crippen LogP contribution in [0.4, 0.5) is 4.79 Å². The molecule has 3 heterocycles. The minimum atomic E-state index is -1.18. The Balaban J connectivity index is 1.46. The van der Waals surface area contributed by atoms with Crippen molar-refractivity contribution in [3.05, 3.63) is 106 Å². The lowest BCUT2D eigenvalue weighted by atomic mass is 9.87. The summed E-state index contributed by atoms with van der Waals surface area (Å²) >= 11 is 1.17. The maximum Gasteiger partial charge on any atom is 0.314 e. The summed E-state index contributed by atoms with van der Waals surface area (Å²) < 4.78 is 6.61. The summed E-state index contributed by atoms with van der Waals surface area (Å²) in [6.07, 6.45) is 2.77. The summed E-state index contributed by atoms with van der Waals surface area (Å²) in [5.41, 5.74) is 5.50. The summed E-state index contributed by atoms with van der Waals surface area (Å²) in [6.45, 7) is 6.61. The Hall–Kier alpha value is -3.51. The van der Waals surface area contributed by atoms with Crippen LogP contribution in [0.1, 0.15) is 55.5 Å². The van der Waals surface area contributed by atoms with Gasteiger partial charge in [-0.1, -0.05) is 93.6 Å². The zero-order valence-corrected chi connectivity index (χ0v) is 20.8. The lowest BCUT2D eigenvalue weighted by molar-refractivity contribution is -0.0949. The van der Waals surface area contributed by atoms with Crippen LogP contribution < -0.4 is 10.1 Å². The van der Waals surface area contributed by atoms with E-state index in [0.717, 1.165) is 39.5 Å². The van der Waals surface area contributed by atoms with E-state index in [-0.39, 0.29) is 16.7 Å². The lowest BCUT2D eigenvalue weighted by Crippen LogP contribution is -2.61. The summed E-state index contributed by atoms with van der Waals surface area (Å²) in [7, 11) is 0. The first-order valence-corrected chi connectivity index (χ1v) is 12.7. The number of fused-ring (bicyclic) bond motifs is 4. The van der Waals surface area contributed by atoms with Gasteiger partial charge in [-0.05, 0) is 46.0 Å². The van der Waals surface area contributed by atoms with Gasteiger partial charge in [-0.3, -0.25) is 10.1 Å². The SMILES string of the molecule is CC(C)(C)c1ccc(/C=C2\SC(=O)NC23Oc2ccccc2C2CC(c4ccccc4)=NN23)cc1. The molecule has 0 radical (unpaired) electrons. The molecule has 3 aliphatic heterocycles. The molecule has 1 spiro atoms. The number of rotatable bonds is 2. The monoisotopic (exact) mass is 481 g/mol. The molecule has 0 aliphatic carbocycles. The van der Waals surface area contributed by atoms with Gasteiger partial charge < -0.3 is 4.74 Å². The van der Waals surface area contributed by atoms with E-state index in [1.807, 2.05) is 47.5 Å². The van der Waals surface area contributed by atoms with E-state index in [4.69, 9.17) is 9.84 Å². The predicted octanol–water partition coefficient (Wildman–Crippen LogP) is 6.68. The molecule has 1 N–H and O–H groups in total. The first-order chi connectivity index (χ1) is 16.8. The smallest absolute Gasteiger partial charge is 0.314 e. The third-order valence-corrected chi connectivity index (χ3v) is 7.66. The Kier molecular flexibility index (Phi) is 5.04. The fraction of sp³-hybridized carbons (Fsp3) is 0.241. The minimum Gasteiger partial charge on any atom is -0.444 e. The summed E-state index contributed by atoms with van der Waals surface area (Å²) in [5, 5.41) is 9.96. The lowest BCUT2D eigenvalue weighted by Gasteiger charge is -2.45. The van der Waals surface area contributed by atoms with Gasteiger partial charge >= 0.3 is 5.85 Å². The first kappa shape index (κ1) is 22.0. The van der Waals surface area contributed by atoms with Gasteiger partial charge in [0.15, 0.2) is 0 Å². The van der Waals surface area contributed by atoms with E-state index in [1.54, 1.807) is 0 Å². The summed E-state index contributed by atoms with van der Waals surface area (Å²) in [4.78, 5) is 13.6. The van der Waals surface area contributed by atoms with Crippen molar-refractivity contribution in [1.82, 2.24) is 10.3 Å². The van der Waals surface area contributed by atoms with Crippen molar-refractivity contribution in [2.75, 3.05) is 0 Å². The van der Waals surface area contributed by atoms with Gasteiger partial charge in [0.1, 0.15) is 5.75 Å². The van der Waals surface area contributed by atoms with Gasteiger partial charge in [0.25, 0.3) is 5.24 Å². The second-order valence-electron chi connectivity index (χ2n) is 10.2. The van der Waals surface area contributed by atoms with E-state index < -0.39 is 5.85 Å². The molecule has 35 heavy (non-hydrogen) atoms. The zero-order valence-electron chi connectivity index (χ0n) is 20.0. The molecular weight excluding hydrogens is 454 g/mol. The summed E-state index contributed by atoms with van der Waals surface area (Å²) in [6, 6.07) is 26.7. The average molecular weight is 482 g/mol. The molecule has 0 saturated carbocycles. The van der Waals surface area contributed by atoms with Gasteiger partial charge in [0.05, 0.1) is 16.7 Å². The molecule has 3 aliphatic rings. The Morgan fingerprint density at radius 2 is 1.74 bits per heavy atom. The number of hydrogen-bond acceptors (Lipinski definition) is 5. The molecule has 3 aromatic carbocycles. The van der Waals surface area contributed by atoms with Crippen molar-refractivity contribution < 1.29 is 9.53 Å². The fourth-order valence-electron chi connectivity index (χ4n) is 4.90. The third kappa shape index (κ3) is 3.73. The number of thioether (sulfide) groups is 1. The number of hydrazone groups is 1. The van der Waals surface area contributed by atoms with Crippen LogP contribution in [0.2, 0.25) is 0 Å². The Morgan fingerprint density at radius 1 is 1.03 bits per heavy atom. The van der Waals surface area contributed by atoms with Crippen LogP contribution in [0.5, 0.6) is 5.75 Å². The van der Waals surface area contributed by atoms with Crippen molar-refractivity contribution >= 4 is 28.8 Å². The number of carbonyl (C=O) groups is 1. The van der Waals surface area contributed by atoms with Gasteiger partial charge in [-0.2, -0.15) is 5.10 Å². The number of benzene rings is 3. The molecule has 1 amide bonds. The topological polar surface area (TPSA) is 53.9 Å². The molecule has 0 bridgehead atoms. The maximum atomic E-state index is 12.8. The van der Waals surface area contributed by atoms with E-state index in [9.17, 15) is 4.79 Å². The van der Waals surface area contributed by atoms with Crippen molar-refractivity contribution in [3.8, 4) is 5.75 Å². The molecule has 1 saturated heterocycles. The number of ether oxygens (including phenoxy) is 1. The third-order valence-electron chi connectivity index (χ3n) is 6.76. The van der Waals surface area contributed by atoms with Crippen LogP contribution in [0.3, 0.4) is 0 Å². The quantitative estimate of drug-likeness (QED) is 0.444. The fourth-order valence-corrected chi connectivity index (χ4v) is 5.81. The van der Waals surface area contributed by atoms with Crippen LogP contribution in [0.25, 0.3) is 6.08 Å². The predicted molar refractivity (Wildman–Crippen MR) is 141 cm³/mol. The molecule has 6 heteroatoms. The number of carbonyl (C=O) groups excluding carboxylic acids is 1. The second kappa shape index (κ2) is 8.02. The summed E-state index contributed by atoms with van der Waals surface area (Å²) in [5.74, 6) is -0.407. The van der Waals surface area contributed by atoms with Crippen molar-refractivity contribution in [1.29, 1.82) is 0 Å². The largest absolute Gasteiger partial charge is 0.444 e. The second-order valence-corrected chi connectivity index (χ2v) is 11.2. The van der Waals surface area contributed by atoms with Crippen LogP contribution >= 0.6 is 11.8 Å². The van der Waals surface area contributed by atoms with Gasteiger partial charge in [-0.15, -0.1) is 0 Å². The molecule has 6 rings (SSSR count). The number of amides is 1. The van der Waals surface area contributed by atoms with Gasteiger partial charge in [0, 0.05) is 12.0 Å². The highest BCUT2D eigenvalue weighted by atomic mass is 32.2. The van der Waals surface area contributed by atoms with E-state index >= 15 is 0 Å². The number of hydrogen-bond donors (Lipinski definition) is 1. The van der Waals surface area contributed by atoms with Crippen molar-refractivity contribution in [2.45, 2.75) is 44.5 Å². The standard InChI is InChI=1S/C29H27N3O2S/c1-28(2,3)21-15-13-19(14-16-21)17-26-29(30-27(33)35-26)32-24(22-11-7-8-12-25(22)34-29)18-23(31-32)20-9-5-4-6-10-20/h4-17,24H,18H2,1-3H3,(H,30,33)/b26-17-. The number of nitrogens with zero attached hydrogens (tertiary/aromatic N) is 2. The zero-order chi connectivity index (χ0) is 24.2. The van der Waals surface area contributed by atoms with E-state index in [1.165, 1.54) is 17.3 Å². The van der Waals surface area contributed by atoms with E-state index in [2.05, 4.69) is 68.6 Å². The van der Waals surface area contributed by atoms with E-state index in [0.29, 0.717) is 0 Å². The Bertz CT molecular complexity index is 1360. The average Bonchev–Trinajstić information content (AvgIpc) is 3.42. The number of nitrogens with one attached hydrogen (secondary N) is 1. The van der Waals surface area contributed by atoms with Crippen LogP contribution in [0, 0.1) is 0 Å². The molecule has 2 atom stereocenters. The number of para-hydroxylation sites is 1. The highest BCUT2D eigenvalue weighted by molar-refractivity contribution is 8.17. The van der Waals surface area contributed by atoms with Gasteiger partial charge in [-0.25, -0.2) is 5.01 Å². The molecular formula is C29H27N3O2S. The highest BCUT2D eigenvalue weighted by Gasteiger charge is 2.58. The van der Waals surface area contributed by atoms with Crippen LogP contribution in [-0.2, 0) is 5.41 Å². The van der Waals surface area contributed by atoms with Crippen LogP contribution in [0.15, 0.2) is 88.9 Å². The Morgan fingerprint density at radius 3 is 2.49 bits per heavy atom. The molecule has 176 valence electrons.